The van der Waals surface area contributed by atoms with Gasteiger partial charge in [0, 0.05) is 31.0 Å². The molecule has 0 unspecified atom stereocenters. The van der Waals surface area contributed by atoms with Crippen molar-refractivity contribution >= 4 is 11.8 Å². The zero-order valence-electron chi connectivity index (χ0n) is 15.2. The Kier molecular flexibility index (Phi) is 7.55. The molecule has 0 aliphatic carbocycles. The van der Waals surface area contributed by atoms with E-state index in [0.29, 0.717) is 37.4 Å². The van der Waals surface area contributed by atoms with E-state index in [1.807, 2.05) is 32.9 Å². The highest BCUT2D eigenvalue weighted by Crippen LogP contribution is 2.22. The minimum atomic E-state index is -0.409. The molecule has 24 heavy (non-hydrogen) atoms. The van der Waals surface area contributed by atoms with Crippen molar-refractivity contribution in [2.45, 2.75) is 40.2 Å². The van der Waals surface area contributed by atoms with Crippen LogP contribution in [0.2, 0.25) is 0 Å². The Morgan fingerprint density at radius 3 is 2.08 bits per heavy atom. The lowest BCUT2D eigenvalue weighted by Crippen LogP contribution is -2.35. The molecule has 0 saturated heterocycles. The maximum atomic E-state index is 11.9. The maximum Gasteiger partial charge on any atom is 0.225 e. The number of hydrogen-bond acceptors (Lipinski definition) is 4. The summed E-state index contributed by atoms with van der Waals surface area (Å²) < 4.78 is 10.4. The van der Waals surface area contributed by atoms with Crippen LogP contribution >= 0.6 is 0 Å². The fourth-order valence-electron chi connectivity index (χ4n) is 1.97. The Morgan fingerprint density at radius 2 is 1.58 bits per heavy atom. The van der Waals surface area contributed by atoms with Crippen molar-refractivity contribution in [3.05, 3.63) is 23.8 Å². The first-order chi connectivity index (χ1) is 11.3. The topological polar surface area (TPSA) is 76.7 Å². The monoisotopic (exact) mass is 336 g/mol. The van der Waals surface area contributed by atoms with Crippen LogP contribution in [0.5, 0.6) is 11.5 Å². The van der Waals surface area contributed by atoms with Crippen molar-refractivity contribution in [3.8, 4) is 11.5 Å². The van der Waals surface area contributed by atoms with Crippen LogP contribution in [0.1, 0.15) is 39.2 Å². The highest BCUT2D eigenvalue weighted by Gasteiger charge is 2.20. The van der Waals surface area contributed by atoms with Crippen molar-refractivity contribution in [2.75, 3.05) is 20.8 Å². The van der Waals surface area contributed by atoms with E-state index in [2.05, 4.69) is 10.6 Å². The molecule has 0 fully saturated rings. The molecule has 0 atom stereocenters. The Hall–Kier alpha value is -2.24. The molecule has 1 aromatic carbocycles. The Bertz CT molecular complexity index is 542. The lowest BCUT2D eigenvalue weighted by atomic mass is 9.96. The minimum Gasteiger partial charge on any atom is -0.497 e. The molecule has 1 aromatic rings. The molecule has 0 aromatic heterocycles. The van der Waals surface area contributed by atoms with E-state index in [-0.39, 0.29) is 11.8 Å². The minimum absolute atomic E-state index is 0.00798. The highest BCUT2D eigenvalue weighted by atomic mass is 16.5. The van der Waals surface area contributed by atoms with Gasteiger partial charge in [0.2, 0.25) is 11.8 Å². The number of carbonyl (C=O) groups excluding carboxylic acids is 2. The Balaban J connectivity index is 2.35. The molecule has 1 rings (SSSR count). The van der Waals surface area contributed by atoms with E-state index in [1.165, 1.54) is 0 Å². The summed E-state index contributed by atoms with van der Waals surface area (Å²) in [5.41, 5.74) is 0.494. The average Bonchev–Trinajstić information content (AvgIpc) is 2.55. The molecule has 134 valence electrons. The molecule has 6 nitrogen and oxygen atoms in total. The molecule has 0 bridgehead atoms. The predicted octanol–water partition coefficient (Wildman–Crippen LogP) is 2.26. The summed E-state index contributed by atoms with van der Waals surface area (Å²) in [6.07, 6.45) is 0.973. The molecule has 0 radical (unpaired) electrons. The van der Waals surface area contributed by atoms with Gasteiger partial charge in [-0.1, -0.05) is 20.8 Å². The number of methoxy groups -OCH3 is 2. The summed E-state index contributed by atoms with van der Waals surface area (Å²) >= 11 is 0. The first-order valence-corrected chi connectivity index (χ1v) is 8.03. The molecule has 2 N–H and O–H groups in total. The standard InChI is InChI=1S/C18H28N2O4/c1-18(2,3)17(22)19-8-6-7-16(21)20-12-13-9-14(23-4)11-15(10-13)24-5/h9-11H,6-8,12H2,1-5H3,(H,19,22)(H,20,21). The summed E-state index contributed by atoms with van der Waals surface area (Å²) in [4.78, 5) is 23.6. The van der Waals surface area contributed by atoms with Gasteiger partial charge >= 0.3 is 0 Å². The summed E-state index contributed by atoms with van der Waals surface area (Å²) in [5, 5.41) is 5.69. The lowest BCUT2D eigenvalue weighted by molar-refractivity contribution is -0.128. The van der Waals surface area contributed by atoms with Gasteiger partial charge in [-0.05, 0) is 24.1 Å². The van der Waals surface area contributed by atoms with Gasteiger partial charge in [0.1, 0.15) is 11.5 Å². The van der Waals surface area contributed by atoms with Crippen LogP contribution in [0.3, 0.4) is 0 Å². The van der Waals surface area contributed by atoms with E-state index < -0.39 is 5.41 Å². The van der Waals surface area contributed by atoms with E-state index >= 15 is 0 Å². The molecule has 0 heterocycles. The lowest BCUT2D eigenvalue weighted by Gasteiger charge is -2.17. The third kappa shape index (κ3) is 6.89. The fourth-order valence-corrected chi connectivity index (χ4v) is 1.97. The molecule has 0 spiro atoms. The second-order valence-corrected chi connectivity index (χ2v) is 6.61. The number of carbonyl (C=O) groups is 2. The molecule has 0 aliphatic heterocycles. The van der Waals surface area contributed by atoms with Gasteiger partial charge in [0.15, 0.2) is 0 Å². The van der Waals surface area contributed by atoms with Gasteiger partial charge < -0.3 is 20.1 Å². The van der Waals surface area contributed by atoms with Crippen molar-refractivity contribution in [1.29, 1.82) is 0 Å². The Labute approximate surface area is 143 Å². The van der Waals surface area contributed by atoms with Gasteiger partial charge in [-0.15, -0.1) is 0 Å². The number of benzene rings is 1. The molecule has 6 heteroatoms. The zero-order valence-corrected chi connectivity index (χ0v) is 15.2. The third-order valence-corrected chi connectivity index (χ3v) is 3.45. The van der Waals surface area contributed by atoms with Crippen LogP contribution in [0, 0.1) is 5.41 Å². The van der Waals surface area contributed by atoms with Gasteiger partial charge in [0.05, 0.1) is 14.2 Å². The first kappa shape index (κ1) is 19.8. The van der Waals surface area contributed by atoms with Crippen molar-refractivity contribution in [3.63, 3.8) is 0 Å². The summed E-state index contributed by atoms with van der Waals surface area (Å²) in [5.74, 6) is 1.31. The quantitative estimate of drug-likeness (QED) is 0.714. The summed E-state index contributed by atoms with van der Waals surface area (Å²) in [6, 6.07) is 5.49. The van der Waals surface area contributed by atoms with Crippen molar-refractivity contribution in [2.24, 2.45) is 5.41 Å². The number of amides is 2. The van der Waals surface area contributed by atoms with Crippen LogP contribution in [0.15, 0.2) is 18.2 Å². The van der Waals surface area contributed by atoms with Gasteiger partial charge in [-0.2, -0.15) is 0 Å². The third-order valence-electron chi connectivity index (χ3n) is 3.45. The van der Waals surface area contributed by atoms with Gasteiger partial charge in [-0.3, -0.25) is 9.59 Å². The Morgan fingerprint density at radius 1 is 1.00 bits per heavy atom. The van der Waals surface area contributed by atoms with E-state index in [0.717, 1.165) is 5.56 Å². The number of hydrogen-bond donors (Lipinski definition) is 2. The van der Waals surface area contributed by atoms with Gasteiger partial charge in [-0.25, -0.2) is 0 Å². The molecular weight excluding hydrogens is 308 g/mol. The first-order valence-electron chi connectivity index (χ1n) is 8.03. The fraction of sp³-hybridized carbons (Fsp3) is 0.556. The summed E-state index contributed by atoms with van der Waals surface area (Å²) in [6.45, 7) is 6.48. The second-order valence-electron chi connectivity index (χ2n) is 6.61. The average molecular weight is 336 g/mol. The molecule has 2 amide bonds. The summed E-state index contributed by atoms with van der Waals surface area (Å²) in [7, 11) is 3.17. The molecular formula is C18H28N2O4. The van der Waals surface area contributed by atoms with Crippen LogP contribution in [-0.2, 0) is 16.1 Å². The maximum absolute atomic E-state index is 11.9. The molecule has 0 aliphatic rings. The van der Waals surface area contributed by atoms with Crippen LogP contribution in [-0.4, -0.2) is 32.6 Å². The van der Waals surface area contributed by atoms with Crippen LogP contribution in [0.4, 0.5) is 0 Å². The van der Waals surface area contributed by atoms with Crippen LogP contribution in [0.25, 0.3) is 0 Å². The highest BCUT2D eigenvalue weighted by molar-refractivity contribution is 5.81. The van der Waals surface area contributed by atoms with Gasteiger partial charge in [0.25, 0.3) is 0 Å². The number of ether oxygens (including phenoxy) is 2. The molecule has 0 saturated carbocycles. The predicted molar refractivity (Wildman–Crippen MR) is 93.1 cm³/mol. The van der Waals surface area contributed by atoms with E-state index in [1.54, 1.807) is 20.3 Å². The number of nitrogens with one attached hydrogen (secondary N) is 2. The number of rotatable bonds is 8. The van der Waals surface area contributed by atoms with E-state index in [9.17, 15) is 9.59 Å². The van der Waals surface area contributed by atoms with Crippen molar-refractivity contribution < 1.29 is 19.1 Å². The van der Waals surface area contributed by atoms with E-state index in [4.69, 9.17) is 9.47 Å². The van der Waals surface area contributed by atoms with Crippen molar-refractivity contribution in [1.82, 2.24) is 10.6 Å². The zero-order chi connectivity index (χ0) is 18.2. The van der Waals surface area contributed by atoms with Crippen LogP contribution < -0.4 is 20.1 Å². The second kappa shape index (κ2) is 9.15. The SMILES string of the molecule is COc1cc(CNC(=O)CCCNC(=O)C(C)(C)C)cc(OC)c1. The smallest absolute Gasteiger partial charge is 0.225 e. The normalized spacial score (nSPS) is 10.9. The largest absolute Gasteiger partial charge is 0.497 e.